The summed E-state index contributed by atoms with van der Waals surface area (Å²) in [6, 6.07) is 9.67. The van der Waals surface area contributed by atoms with Crippen molar-refractivity contribution in [3.8, 4) is 0 Å². The minimum atomic E-state index is -0.130. The summed E-state index contributed by atoms with van der Waals surface area (Å²) in [5.41, 5.74) is 0.963. The van der Waals surface area contributed by atoms with Crippen LogP contribution in [0.3, 0.4) is 0 Å². The molecule has 0 aromatic heterocycles. The van der Waals surface area contributed by atoms with Crippen LogP contribution in [0.2, 0.25) is 0 Å². The second-order valence-electron chi connectivity index (χ2n) is 4.09. The van der Waals surface area contributed by atoms with Crippen LogP contribution in [0.4, 0.5) is 5.69 Å². The van der Waals surface area contributed by atoms with Crippen LogP contribution in [0.1, 0.15) is 27.2 Å². The summed E-state index contributed by atoms with van der Waals surface area (Å²) < 4.78 is 0. The number of hydrogen-bond donors (Lipinski definition) is 1. The highest BCUT2D eigenvalue weighted by Crippen LogP contribution is 2.13. The van der Waals surface area contributed by atoms with Gasteiger partial charge in [-0.2, -0.15) is 0 Å². The molecule has 3 nitrogen and oxygen atoms in total. The van der Waals surface area contributed by atoms with Crippen LogP contribution in [-0.4, -0.2) is 25.0 Å². The molecule has 1 rings (SSSR count). The first-order valence-corrected chi connectivity index (χ1v) is 6.30. The summed E-state index contributed by atoms with van der Waals surface area (Å²) in [6.45, 7) is 7.58. The normalized spacial score (nSPS) is 11.5. The van der Waals surface area contributed by atoms with Gasteiger partial charge in [-0.15, -0.1) is 12.4 Å². The fourth-order valence-electron chi connectivity index (χ4n) is 1.76. The molecule has 0 bridgehead atoms. The van der Waals surface area contributed by atoms with Crippen molar-refractivity contribution < 1.29 is 4.79 Å². The third kappa shape index (κ3) is 4.67. The number of likely N-dealkylation sites (N-methyl/N-ethyl adjacent to an activating group) is 1. The number of amides is 1. The first kappa shape index (κ1) is 16.9. The van der Waals surface area contributed by atoms with Crippen molar-refractivity contribution in [2.24, 2.45) is 0 Å². The molecule has 1 aromatic rings. The lowest BCUT2D eigenvalue weighted by molar-refractivity contribution is -0.120. The zero-order valence-electron chi connectivity index (χ0n) is 11.3. The van der Waals surface area contributed by atoms with Crippen molar-refractivity contribution in [2.45, 2.75) is 33.2 Å². The number of hydrogen-bond acceptors (Lipinski definition) is 2. The Morgan fingerprint density at radius 1 is 1.28 bits per heavy atom. The van der Waals surface area contributed by atoms with Gasteiger partial charge in [0.1, 0.15) is 0 Å². The van der Waals surface area contributed by atoms with Crippen LogP contribution >= 0.6 is 12.4 Å². The highest BCUT2D eigenvalue weighted by molar-refractivity contribution is 5.96. The summed E-state index contributed by atoms with van der Waals surface area (Å²) >= 11 is 0. The molecule has 18 heavy (non-hydrogen) atoms. The maximum atomic E-state index is 12.2. The van der Waals surface area contributed by atoms with E-state index >= 15 is 0 Å². The van der Waals surface area contributed by atoms with Gasteiger partial charge in [-0.05, 0) is 38.9 Å². The van der Waals surface area contributed by atoms with Crippen LogP contribution < -0.4 is 10.2 Å². The standard InChI is InChI=1S/C14H22N2O.ClH/c1-4-11-15-12(3)14(17)16(5-2)13-9-7-6-8-10-13;/h6-10,12,15H,4-5,11H2,1-3H3;1H. The predicted molar refractivity (Wildman–Crippen MR) is 79.5 cm³/mol. The topological polar surface area (TPSA) is 32.3 Å². The minimum absolute atomic E-state index is 0. The van der Waals surface area contributed by atoms with E-state index in [-0.39, 0.29) is 24.4 Å². The van der Waals surface area contributed by atoms with E-state index in [1.165, 1.54) is 0 Å². The Labute approximate surface area is 116 Å². The number of carbonyl (C=O) groups excluding carboxylic acids is 1. The lowest BCUT2D eigenvalue weighted by Crippen LogP contribution is -2.45. The second-order valence-corrected chi connectivity index (χ2v) is 4.09. The molecule has 1 amide bonds. The summed E-state index contributed by atoms with van der Waals surface area (Å²) in [6.07, 6.45) is 1.04. The van der Waals surface area contributed by atoms with E-state index in [1.54, 1.807) is 0 Å². The van der Waals surface area contributed by atoms with Gasteiger partial charge >= 0.3 is 0 Å². The van der Waals surface area contributed by atoms with Gasteiger partial charge in [0.2, 0.25) is 5.91 Å². The molecule has 1 N–H and O–H groups in total. The van der Waals surface area contributed by atoms with Crippen LogP contribution in [0, 0.1) is 0 Å². The van der Waals surface area contributed by atoms with Gasteiger partial charge in [0.15, 0.2) is 0 Å². The Morgan fingerprint density at radius 3 is 2.39 bits per heavy atom. The van der Waals surface area contributed by atoms with E-state index < -0.39 is 0 Å². The summed E-state index contributed by atoms with van der Waals surface area (Å²) in [4.78, 5) is 14.1. The van der Waals surface area contributed by atoms with Gasteiger partial charge in [-0.25, -0.2) is 0 Å². The fraction of sp³-hybridized carbons (Fsp3) is 0.500. The van der Waals surface area contributed by atoms with Crippen molar-refractivity contribution in [1.29, 1.82) is 0 Å². The lowest BCUT2D eigenvalue weighted by Gasteiger charge is -2.25. The Hall–Kier alpha value is -1.06. The van der Waals surface area contributed by atoms with Gasteiger partial charge in [0.05, 0.1) is 6.04 Å². The molecule has 0 fully saturated rings. The van der Waals surface area contributed by atoms with Gasteiger partial charge < -0.3 is 10.2 Å². The summed E-state index contributed by atoms with van der Waals surface area (Å²) in [5, 5.41) is 3.23. The van der Waals surface area contributed by atoms with E-state index in [1.807, 2.05) is 49.1 Å². The zero-order valence-corrected chi connectivity index (χ0v) is 12.2. The molecular weight excluding hydrogens is 248 g/mol. The molecule has 0 saturated heterocycles. The average Bonchev–Trinajstić information content (AvgIpc) is 2.38. The molecule has 0 heterocycles. The molecule has 4 heteroatoms. The summed E-state index contributed by atoms with van der Waals surface area (Å²) in [7, 11) is 0. The van der Waals surface area contributed by atoms with E-state index in [0.717, 1.165) is 18.7 Å². The first-order valence-electron chi connectivity index (χ1n) is 6.30. The van der Waals surface area contributed by atoms with Crippen LogP contribution in [0.25, 0.3) is 0 Å². The average molecular weight is 271 g/mol. The highest BCUT2D eigenvalue weighted by Gasteiger charge is 2.19. The van der Waals surface area contributed by atoms with E-state index in [0.29, 0.717) is 6.54 Å². The van der Waals surface area contributed by atoms with Gasteiger partial charge in [-0.1, -0.05) is 25.1 Å². The van der Waals surface area contributed by atoms with Crippen molar-refractivity contribution >= 4 is 24.0 Å². The predicted octanol–water partition coefficient (Wildman–Crippen LogP) is 2.85. The smallest absolute Gasteiger partial charge is 0.243 e. The molecule has 0 saturated carbocycles. The van der Waals surface area contributed by atoms with Crippen molar-refractivity contribution in [1.82, 2.24) is 5.32 Å². The molecule has 0 aliphatic carbocycles. The number of halogens is 1. The van der Waals surface area contributed by atoms with Crippen LogP contribution in [0.5, 0.6) is 0 Å². The molecule has 1 unspecified atom stereocenters. The number of carbonyl (C=O) groups is 1. The van der Waals surface area contributed by atoms with Gasteiger partial charge in [-0.3, -0.25) is 4.79 Å². The molecule has 0 radical (unpaired) electrons. The molecule has 102 valence electrons. The quantitative estimate of drug-likeness (QED) is 0.862. The monoisotopic (exact) mass is 270 g/mol. The van der Waals surface area contributed by atoms with Crippen molar-refractivity contribution in [3.05, 3.63) is 30.3 Å². The van der Waals surface area contributed by atoms with Crippen LogP contribution in [-0.2, 0) is 4.79 Å². The third-order valence-corrected chi connectivity index (χ3v) is 2.72. The zero-order chi connectivity index (χ0) is 12.7. The lowest BCUT2D eigenvalue weighted by atomic mass is 10.2. The van der Waals surface area contributed by atoms with Gasteiger partial charge in [0, 0.05) is 12.2 Å². The Kier molecular flexibility index (Phi) is 8.42. The van der Waals surface area contributed by atoms with E-state index in [9.17, 15) is 4.79 Å². The maximum absolute atomic E-state index is 12.2. The number of para-hydroxylation sites is 1. The summed E-state index contributed by atoms with van der Waals surface area (Å²) in [5.74, 6) is 0.132. The van der Waals surface area contributed by atoms with Crippen LogP contribution in [0.15, 0.2) is 30.3 Å². The Balaban J connectivity index is 0.00000289. The SMILES string of the molecule is CCCNC(C)C(=O)N(CC)c1ccccc1.Cl. The maximum Gasteiger partial charge on any atom is 0.243 e. The highest BCUT2D eigenvalue weighted by atomic mass is 35.5. The number of anilines is 1. The second kappa shape index (κ2) is 8.95. The van der Waals surface area contributed by atoms with Crippen molar-refractivity contribution in [3.63, 3.8) is 0 Å². The Morgan fingerprint density at radius 2 is 1.89 bits per heavy atom. The molecule has 0 aliphatic heterocycles. The molecule has 0 spiro atoms. The first-order chi connectivity index (χ1) is 8.20. The number of nitrogens with zero attached hydrogens (tertiary/aromatic N) is 1. The Bertz CT molecular complexity index is 343. The van der Waals surface area contributed by atoms with Crippen molar-refractivity contribution in [2.75, 3.05) is 18.0 Å². The van der Waals surface area contributed by atoms with Gasteiger partial charge in [0.25, 0.3) is 0 Å². The number of benzene rings is 1. The number of rotatable bonds is 6. The molecule has 0 aliphatic rings. The molecule has 1 aromatic carbocycles. The third-order valence-electron chi connectivity index (χ3n) is 2.72. The minimum Gasteiger partial charge on any atom is -0.311 e. The number of nitrogens with one attached hydrogen (secondary N) is 1. The van der Waals surface area contributed by atoms with E-state index in [2.05, 4.69) is 12.2 Å². The fourth-order valence-corrected chi connectivity index (χ4v) is 1.76. The molecule has 1 atom stereocenters. The molecular formula is C14H23ClN2O. The van der Waals surface area contributed by atoms with E-state index in [4.69, 9.17) is 0 Å². The largest absolute Gasteiger partial charge is 0.311 e.